The lowest BCUT2D eigenvalue weighted by atomic mass is 9.98. The first-order valence-corrected chi connectivity index (χ1v) is 18.6. The van der Waals surface area contributed by atoms with Crippen LogP contribution in [0.1, 0.15) is 36.9 Å². The zero-order chi connectivity index (χ0) is 35.1. The molecule has 1 saturated carbocycles. The number of aromatic amines is 1. The highest BCUT2D eigenvalue weighted by molar-refractivity contribution is 7.99. The highest BCUT2D eigenvalue weighted by Crippen LogP contribution is 2.36. The third-order valence-electron chi connectivity index (χ3n) is 9.97. The van der Waals surface area contributed by atoms with Gasteiger partial charge in [-0.3, -0.25) is 19.5 Å². The second kappa shape index (κ2) is 13.6. The van der Waals surface area contributed by atoms with Gasteiger partial charge in [0.05, 0.1) is 41.0 Å². The van der Waals surface area contributed by atoms with Crippen LogP contribution in [0.15, 0.2) is 67.0 Å². The SMILES string of the molecule is CS[C@@]1([N+](=O)Nc2ccc3[nH]nc(-c4ccc(OC5CC5)c(C)n4)c3c2)CCN(CC(=O)N2CC=C(c3ccc(-c4ncn(C)n4)cc3)CC2)C1. The fraction of sp³-hybridized carbons (Fsp3) is 0.378. The van der Waals surface area contributed by atoms with Crippen molar-refractivity contribution in [2.45, 2.75) is 43.6 Å². The zero-order valence-corrected chi connectivity index (χ0v) is 29.8. The molecule has 14 heteroatoms. The summed E-state index contributed by atoms with van der Waals surface area (Å²) in [4.78, 5) is 40.5. The number of carbonyl (C=O) groups is 1. The maximum absolute atomic E-state index is 13.8. The lowest BCUT2D eigenvalue weighted by Crippen LogP contribution is -2.46. The van der Waals surface area contributed by atoms with Crippen LogP contribution >= 0.6 is 11.8 Å². The summed E-state index contributed by atoms with van der Waals surface area (Å²) in [7, 11) is 1.86. The molecule has 8 rings (SSSR count). The standard InChI is InChI=1S/C37H41N10O3S/c1-24-33(50-29-9-10-29)13-12-32(39-24)35-30-20-28(8-11-31(30)40-41-35)42-47(49)37(51-3)16-19-45(22-37)21-34(48)46-17-14-26(15-18-46)25-4-6-27(7-5-25)36-38-23-44(2)43-36/h4-8,11-14,20,23,29H,9-10,15-19,21-22H2,1-3H3,(H,40,41)(H,42,49)/q+1/t37-/m0/s1. The summed E-state index contributed by atoms with van der Waals surface area (Å²) in [6, 6.07) is 17.9. The van der Waals surface area contributed by atoms with E-state index in [1.165, 1.54) is 17.3 Å². The monoisotopic (exact) mass is 705 g/mol. The normalized spacial score (nSPS) is 19.4. The Hall–Kier alpha value is -5.08. The summed E-state index contributed by atoms with van der Waals surface area (Å²) < 4.78 is 7.66. The van der Waals surface area contributed by atoms with Gasteiger partial charge in [-0.15, -0.1) is 5.43 Å². The molecule has 0 bridgehead atoms. The summed E-state index contributed by atoms with van der Waals surface area (Å²) >= 11 is 1.51. The first-order chi connectivity index (χ1) is 24.8. The first-order valence-electron chi connectivity index (χ1n) is 17.3. The predicted octanol–water partition coefficient (Wildman–Crippen LogP) is 5.46. The number of nitroso groups, excluding NO2 is 1. The van der Waals surface area contributed by atoms with Crippen LogP contribution in [0.4, 0.5) is 5.69 Å². The van der Waals surface area contributed by atoms with Gasteiger partial charge in [0.25, 0.3) is 0 Å². The van der Waals surface area contributed by atoms with Crippen molar-refractivity contribution >= 4 is 39.8 Å². The van der Waals surface area contributed by atoms with E-state index in [4.69, 9.17) is 9.72 Å². The summed E-state index contributed by atoms with van der Waals surface area (Å²) in [6.07, 6.45) is 9.70. The van der Waals surface area contributed by atoms with Crippen LogP contribution in [-0.4, -0.2) is 100 Å². The molecule has 5 aromatic rings. The number of thioether (sulfide) groups is 1. The van der Waals surface area contributed by atoms with E-state index in [1.54, 1.807) is 11.0 Å². The van der Waals surface area contributed by atoms with Crippen molar-refractivity contribution in [3.8, 4) is 28.5 Å². The van der Waals surface area contributed by atoms with E-state index in [0.717, 1.165) is 63.3 Å². The van der Waals surface area contributed by atoms with Gasteiger partial charge in [0, 0.05) is 44.1 Å². The molecule has 0 spiro atoms. The van der Waals surface area contributed by atoms with Gasteiger partial charge < -0.3 is 9.64 Å². The summed E-state index contributed by atoms with van der Waals surface area (Å²) in [5.41, 5.74) is 10.2. The second-order valence-corrected chi connectivity index (χ2v) is 14.8. The molecule has 0 radical (unpaired) electrons. The van der Waals surface area contributed by atoms with Gasteiger partial charge in [0.2, 0.25) is 5.91 Å². The van der Waals surface area contributed by atoms with E-state index >= 15 is 0 Å². The highest BCUT2D eigenvalue weighted by atomic mass is 32.2. The van der Waals surface area contributed by atoms with Gasteiger partial charge in [0.15, 0.2) is 5.82 Å². The van der Waals surface area contributed by atoms with Crippen molar-refractivity contribution in [2.75, 3.05) is 44.4 Å². The van der Waals surface area contributed by atoms with Crippen molar-refractivity contribution < 1.29 is 14.4 Å². The van der Waals surface area contributed by atoms with Crippen molar-refractivity contribution in [3.63, 3.8) is 0 Å². The number of benzene rings is 2. The molecule has 3 aromatic heterocycles. The number of amides is 1. The lowest BCUT2D eigenvalue weighted by molar-refractivity contribution is -0.568. The van der Waals surface area contributed by atoms with Gasteiger partial charge in [0.1, 0.15) is 28.3 Å². The number of aryl methyl sites for hydroxylation is 2. The molecule has 2 aliphatic heterocycles. The van der Waals surface area contributed by atoms with Crippen LogP contribution in [0.3, 0.4) is 0 Å². The number of carbonyl (C=O) groups excluding carboxylic acids is 1. The summed E-state index contributed by atoms with van der Waals surface area (Å²) in [5.74, 6) is 1.59. The molecule has 2 fully saturated rings. The number of H-pyrrole nitrogens is 1. The molecule has 1 aliphatic carbocycles. The number of ether oxygens (including phenoxy) is 1. The van der Waals surface area contributed by atoms with E-state index in [0.29, 0.717) is 55.9 Å². The third-order valence-corrected chi connectivity index (χ3v) is 11.2. The number of nitrogens with zero attached hydrogens (tertiary/aromatic N) is 8. The Balaban J connectivity index is 0.882. The van der Waals surface area contributed by atoms with Crippen LogP contribution in [-0.2, 0) is 11.8 Å². The number of pyridine rings is 1. The molecule has 1 amide bonds. The van der Waals surface area contributed by atoms with Gasteiger partial charge in [-0.1, -0.05) is 42.1 Å². The second-order valence-electron chi connectivity index (χ2n) is 13.6. The Morgan fingerprint density at radius 2 is 1.94 bits per heavy atom. The minimum Gasteiger partial charge on any atom is -0.489 e. The quantitative estimate of drug-likeness (QED) is 0.104. The van der Waals surface area contributed by atoms with Gasteiger partial charge in [-0.05, 0) is 73.9 Å². The highest BCUT2D eigenvalue weighted by Gasteiger charge is 2.52. The Morgan fingerprint density at radius 3 is 2.65 bits per heavy atom. The number of anilines is 1. The van der Waals surface area contributed by atoms with E-state index in [9.17, 15) is 9.70 Å². The molecule has 13 nitrogen and oxygen atoms in total. The van der Waals surface area contributed by atoms with E-state index in [1.807, 2.05) is 67.6 Å². The third kappa shape index (κ3) is 6.85. The first kappa shape index (κ1) is 33.1. The summed E-state index contributed by atoms with van der Waals surface area (Å²) in [5, 5.41) is 12.9. The number of nitrogens with one attached hydrogen (secondary N) is 2. The summed E-state index contributed by atoms with van der Waals surface area (Å²) in [6.45, 7) is 4.60. The number of hydrogen-bond acceptors (Lipinski definition) is 9. The number of hydrogen-bond donors (Lipinski definition) is 2. The molecule has 5 heterocycles. The van der Waals surface area contributed by atoms with E-state index in [2.05, 4.69) is 48.8 Å². The zero-order valence-electron chi connectivity index (χ0n) is 29.0. The average Bonchev–Trinajstić information content (AvgIpc) is 3.48. The Labute approximate surface area is 300 Å². The molecule has 262 valence electrons. The van der Waals surface area contributed by atoms with E-state index in [-0.39, 0.29) is 12.5 Å². The smallest absolute Gasteiger partial charge is 0.302 e. The van der Waals surface area contributed by atoms with E-state index < -0.39 is 4.87 Å². The molecular formula is C37H41N10O3S+. The molecule has 1 saturated heterocycles. The number of aromatic nitrogens is 6. The van der Waals surface area contributed by atoms with Crippen molar-refractivity contribution in [3.05, 3.63) is 83.2 Å². The largest absolute Gasteiger partial charge is 0.489 e. The number of fused-ring (bicyclic) bond motifs is 1. The molecular weight excluding hydrogens is 665 g/mol. The van der Waals surface area contributed by atoms with Crippen LogP contribution in [0.5, 0.6) is 5.75 Å². The molecule has 3 aliphatic rings. The molecule has 2 N–H and O–H groups in total. The maximum atomic E-state index is 13.8. The van der Waals surface area contributed by atoms with Gasteiger partial charge >= 0.3 is 4.87 Å². The topological polar surface area (TPSA) is 137 Å². The molecule has 0 unspecified atom stereocenters. The molecule has 2 aromatic carbocycles. The van der Waals surface area contributed by atoms with Crippen molar-refractivity contribution in [1.82, 2.24) is 39.7 Å². The van der Waals surface area contributed by atoms with Crippen LogP contribution in [0.25, 0.3) is 39.3 Å². The maximum Gasteiger partial charge on any atom is 0.302 e. The minimum atomic E-state index is -0.740. The Morgan fingerprint density at radius 1 is 1.12 bits per heavy atom. The molecule has 1 atom stereocenters. The Bertz CT molecular complexity index is 2140. The van der Waals surface area contributed by atoms with Crippen LogP contribution in [0.2, 0.25) is 0 Å². The fourth-order valence-electron chi connectivity index (χ4n) is 6.81. The fourth-order valence-corrected chi connectivity index (χ4v) is 7.63. The number of hydrazine groups is 1. The van der Waals surface area contributed by atoms with Crippen molar-refractivity contribution in [1.29, 1.82) is 0 Å². The predicted molar refractivity (Wildman–Crippen MR) is 198 cm³/mol. The van der Waals surface area contributed by atoms with Crippen molar-refractivity contribution in [2.24, 2.45) is 7.05 Å². The molecule has 51 heavy (non-hydrogen) atoms. The lowest BCUT2D eigenvalue weighted by Gasteiger charge is -2.28. The number of rotatable bonds is 11. The van der Waals surface area contributed by atoms with Gasteiger partial charge in [-0.25, -0.2) is 9.97 Å². The average molecular weight is 706 g/mol. The number of likely N-dealkylation sites (tertiary alicyclic amines) is 1. The Kier molecular flexibility index (Phi) is 8.80. The van der Waals surface area contributed by atoms with Crippen LogP contribution < -0.4 is 10.2 Å². The van der Waals surface area contributed by atoms with Gasteiger partial charge in [-0.2, -0.15) is 10.2 Å². The van der Waals surface area contributed by atoms with Crippen LogP contribution in [0, 0.1) is 11.8 Å². The minimum absolute atomic E-state index is 0.0816.